The number of rotatable bonds is 5. The van der Waals surface area contributed by atoms with Crippen LogP contribution in [0.25, 0.3) is 0 Å². The molecule has 8 nitrogen and oxygen atoms in total. The van der Waals surface area contributed by atoms with E-state index >= 15 is 0 Å². The molecule has 2 heterocycles. The molecule has 0 unspecified atom stereocenters. The smallest absolute Gasteiger partial charge is 0.260 e. The van der Waals surface area contributed by atoms with Crippen LogP contribution in [0.5, 0.6) is 5.88 Å². The molecule has 2 aliphatic rings. The van der Waals surface area contributed by atoms with Crippen LogP contribution >= 0.6 is 0 Å². The van der Waals surface area contributed by atoms with Gasteiger partial charge in [-0.05, 0) is 31.7 Å². The molecule has 2 fully saturated rings. The van der Waals surface area contributed by atoms with Gasteiger partial charge in [0.05, 0.1) is 0 Å². The lowest BCUT2D eigenvalue weighted by Crippen LogP contribution is -2.48. The Labute approximate surface area is 141 Å². The van der Waals surface area contributed by atoms with Crippen LogP contribution in [0.4, 0.5) is 5.82 Å². The van der Waals surface area contributed by atoms with E-state index in [0.717, 1.165) is 38.8 Å². The number of likely N-dealkylation sites (tertiary alicyclic amines) is 1. The SMILES string of the molecule is CN(C(=O)COc1ccc(N)nn1)C1CCN(C(=O)C2CC2)CC1. The Hall–Kier alpha value is -2.38. The minimum absolute atomic E-state index is 0.0870. The summed E-state index contributed by atoms with van der Waals surface area (Å²) >= 11 is 0. The number of piperidine rings is 1. The lowest BCUT2D eigenvalue weighted by atomic mass is 10.0. The van der Waals surface area contributed by atoms with Crippen molar-refractivity contribution in [1.82, 2.24) is 20.0 Å². The first-order valence-electron chi connectivity index (χ1n) is 8.31. The van der Waals surface area contributed by atoms with Crippen LogP contribution in [0.15, 0.2) is 12.1 Å². The zero-order valence-electron chi connectivity index (χ0n) is 13.9. The molecule has 1 saturated heterocycles. The molecule has 2 N–H and O–H groups in total. The predicted octanol–water partition coefficient (Wildman–Crippen LogP) is 0.297. The van der Waals surface area contributed by atoms with Crippen molar-refractivity contribution in [2.24, 2.45) is 5.92 Å². The number of nitrogens with two attached hydrogens (primary N) is 1. The van der Waals surface area contributed by atoms with Gasteiger partial charge >= 0.3 is 0 Å². The summed E-state index contributed by atoms with van der Waals surface area (Å²) in [6.07, 6.45) is 3.68. The summed E-state index contributed by atoms with van der Waals surface area (Å²) in [6, 6.07) is 3.29. The van der Waals surface area contributed by atoms with Crippen molar-refractivity contribution >= 4 is 17.6 Å². The number of hydrogen-bond donors (Lipinski definition) is 1. The van der Waals surface area contributed by atoms with Gasteiger partial charge in [-0.1, -0.05) is 0 Å². The first-order chi connectivity index (χ1) is 11.5. The largest absolute Gasteiger partial charge is 0.466 e. The number of carbonyl (C=O) groups is 2. The number of carbonyl (C=O) groups excluding carboxylic acids is 2. The first-order valence-corrected chi connectivity index (χ1v) is 8.31. The molecule has 130 valence electrons. The van der Waals surface area contributed by atoms with Crippen LogP contribution in [0.1, 0.15) is 25.7 Å². The highest BCUT2D eigenvalue weighted by molar-refractivity contribution is 5.81. The van der Waals surface area contributed by atoms with Gasteiger partial charge in [0, 0.05) is 38.2 Å². The van der Waals surface area contributed by atoms with Crippen LogP contribution < -0.4 is 10.5 Å². The third-order valence-corrected chi connectivity index (χ3v) is 4.65. The van der Waals surface area contributed by atoms with Gasteiger partial charge < -0.3 is 20.3 Å². The van der Waals surface area contributed by atoms with Crippen LogP contribution in [0.2, 0.25) is 0 Å². The first kappa shape index (κ1) is 16.5. The van der Waals surface area contributed by atoms with Gasteiger partial charge in [-0.25, -0.2) is 0 Å². The maximum atomic E-state index is 12.3. The van der Waals surface area contributed by atoms with Gasteiger partial charge in [0.1, 0.15) is 5.82 Å². The molecule has 0 spiro atoms. The summed E-state index contributed by atoms with van der Waals surface area (Å²) in [6.45, 7) is 1.36. The number of anilines is 1. The van der Waals surface area contributed by atoms with Crippen LogP contribution in [-0.4, -0.2) is 64.6 Å². The van der Waals surface area contributed by atoms with Gasteiger partial charge in [0.2, 0.25) is 11.8 Å². The zero-order chi connectivity index (χ0) is 17.1. The van der Waals surface area contributed by atoms with Gasteiger partial charge in [0.25, 0.3) is 5.91 Å². The van der Waals surface area contributed by atoms with Crippen molar-refractivity contribution < 1.29 is 14.3 Å². The Bertz CT molecular complexity index is 594. The van der Waals surface area contributed by atoms with Gasteiger partial charge in [-0.2, -0.15) is 0 Å². The zero-order valence-corrected chi connectivity index (χ0v) is 13.9. The van der Waals surface area contributed by atoms with E-state index in [9.17, 15) is 9.59 Å². The predicted molar refractivity (Wildman–Crippen MR) is 87.0 cm³/mol. The van der Waals surface area contributed by atoms with Crippen molar-refractivity contribution in [3.05, 3.63) is 12.1 Å². The fourth-order valence-corrected chi connectivity index (χ4v) is 2.91. The number of likely N-dealkylation sites (N-methyl/N-ethyl adjacent to an activating group) is 1. The molecule has 0 atom stereocenters. The lowest BCUT2D eigenvalue weighted by molar-refractivity contribution is -0.137. The van der Waals surface area contributed by atoms with E-state index in [1.54, 1.807) is 24.1 Å². The summed E-state index contributed by atoms with van der Waals surface area (Å²) in [4.78, 5) is 28.0. The molecule has 2 amide bonds. The van der Waals surface area contributed by atoms with Gasteiger partial charge in [-0.15, -0.1) is 10.2 Å². The normalized spacial score (nSPS) is 18.3. The molecule has 1 saturated carbocycles. The fourth-order valence-electron chi connectivity index (χ4n) is 2.91. The van der Waals surface area contributed by atoms with Crippen molar-refractivity contribution in [3.63, 3.8) is 0 Å². The monoisotopic (exact) mass is 333 g/mol. The fraction of sp³-hybridized carbons (Fsp3) is 0.625. The number of aromatic nitrogens is 2. The number of hydrogen-bond acceptors (Lipinski definition) is 6. The Morgan fingerprint density at radius 3 is 2.54 bits per heavy atom. The highest BCUT2D eigenvalue weighted by Crippen LogP contribution is 2.32. The molecule has 0 aromatic carbocycles. The van der Waals surface area contributed by atoms with Crippen LogP contribution in [0.3, 0.4) is 0 Å². The number of nitrogens with zero attached hydrogens (tertiary/aromatic N) is 4. The van der Waals surface area contributed by atoms with E-state index in [2.05, 4.69) is 10.2 Å². The third kappa shape index (κ3) is 3.93. The van der Waals surface area contributed by atoms with E-state index in [1.807, 2.05) is 4.90 Å². The van der Waals surface area contributed by atoms with Crippen molar-refractivity contribution in [3.8, 4) is 5.88 Å². The molecule has 0 bridgehead atoms. The summed E-state index contributed by atoms with van der Waals surface area (Å²) in [5.41, 5.74) is 5.45. The van der Waals surface area contributed by atoms with Crippen molar-refractivity contribution in [2.75, 3.05) is 32.5 Å². The van der Waals surface area contributed by atoms with Crippen molar-refractivity contribution in [2.45, 2.75) is 31.7 Å². The van der Waals surface area contributed by atoms with E-state index in [1.165, 1.54) is 0 Å². The van der Waals surface area contributed by atoms with Crippen molar-refractivity contribution in [1.29, 1.82) is 0 Å². The Morgan fingerprint density at radius 2 is 1.96 bits per heavy atom. The Morgan fingerprint density at radius 1 is 1.25 bits per heavy atom. The highest BCUT2D eigenvalue weighted by Gasteiger charge is 2.35. The second-order valence-electron chi connectivity index (χ2n) is 6.42. The average molecular weight is 333 g/mol. The molecule has 0 radical (unpaired) electrons. The van der Waals surface area contributed by atoms with Gasteiger partial charge in [0.15, 0.2) is 6.61 Å². The van der Waals surface area contributed by atoms with E-state index in [-0.39, 0.29) is 36.3 Å². The molecule has 8 heteroatoms. The molecular formula is C16H23N5O3. The summed E-state index contributed by atoms with van der Waals surface area (Å²) in [5, 5.41) is 7.44. The quantitative estimate of drug-likeness (QED) is 0.831. The molecule has 3 rings (SSSR count). The second-order valence-corrected chi connectivity index (χ2v) is 6.42. The van der Waals surface area contributed by atoms with E-state index < -0.39 is 0 Å². The minimum Gasteiger partial charge on any atom is -0.466 e. The summed E-state index contributed by atoms with van der Waals surface area (Å²) in [7, 11) is 1.78. The second kappa shape index (κ2) is 7.02. The third-order valence-electron chi connectivity index (χ3n) is 4.65. The summed E-state index contributed by atoms with van der Waals surface area (Å²) < 4.78 is 5.35. The molecule has 1 aliphatic heterocycles. The van der Waals surface area contributed by atoms with Gasteiger partial charge in [-0.3, -0.25) is 9.59 Å². The molecule has 1 aromatic heterocycles. The summed E-state index contributed by atoms with van der Waals surface area (Å²) in [5.74, 6) is 1.01. The highest BCUT2D eigenvalue weighted by atomic mass is 16.5. The maximum absolute atomic E-state index is 12.3. The van der Waals surface area contributed by atoms with E-state index in [0.29, 0.717) is 5.82 Å². The average Bonchev–Trinajstić information content (AvgIpc) is 3.45. The molecule has 1 aromatic rings. The Kier molecular flexibility index (Phi) is 4.82. The van der Waals surface area contributed by atoms with Crippen LogP contribution in [-0.2, 0) is 9.59 Å². The van der Waals surface area contributed by atoms with E-state index in [4.69, 9.17) is 10.5 Å². The number of ether oxygens (including phenoxy) is 1. The Balaban J connectivity index is 1.44. The molecule has 24 heavy (non-hydrogen) atoms. The molecule has 1 aliphatic carbocycles. The molecular weight excluding hydrogens is 310 g/mol. The number of amides is 2. The maximum Gasteiger partial charge on any atom is 0.260 e. The minimum atomic E-state index is -0.111. The standard InChI is InChI=1S/C16H23N5O3/c1-20(15(22)10-24-14-5-4-13(17)18-19-14)12-6-8-21(9-7-12)16(23)11-2-3-11/h4-5,11-12H,2-3,6-10H2,1H3,(H2,17,18). The lowest BCUT2D eigenvalue weighted by Gasteiger charge is -2.36. The topological polar surface area (TPSA) is 102 Å². The van der Waals surface area contributed by atoms with Crippen LogP contribution in [0, 0.1) is 5.92 Å². The number of nitrogen functional groups attached to an aromatic ring is 1.